The first-order chi connectivity index (χ1) is 36.1. The molecule has 33 heteroatoms. The van der Waals surface area contributed by atoms with Crippen molar-refractivity contribution >= 4 is 0 Å². The fraction of sp³-hybridized carbons (Fsp3) is 1.00. The number of aliphatic hydroxyl groups excluding tert-OH is 21. The highest BCUT2D eigenvalue weighted by Crippen LogP contribution is 2.28. The molecule has 462 valence electrons. The van der Waals surface area contributed by atoms with Gasteiger partial charge in [-0.05, 0) is 6.92 Å². The summed E-state index contributed by atoms with van der Waals surface area (Å²) in [5, 5.41) is 193. The van der Waals surface area contributed by atoms with E-state index < -0.39 is 192 Å². The molecule has 0 bridgehead atoms. The van der Waals surface area contributed by atoms with E-state index >= 15 is 0 Å². The van der Waals surface area contributed by atoms with Crippen molar-refractivity contribution < 1.29 is 164 Å². The highest BCUT2D eigenvalue weighted by molar-refractivity contribution is 4.92. The van der Waals surface area contributed by atoms with Crippen molar-refractivity contribution in [3.05, 3.63) is 0 Å². The minimum absolute atomic E-state index is 0.303. The van der Waals surface area contributed by atoms with Crippen molar-refractivity contribution in [2.45, 2.75) is 193 Å². The van der Waals surface area contributed by atoms with E-state index in [4.69, 9.17) is 82.4 Å². The zero-order valence-electron chi connectivity index (χ0n) is 44.1. The lowest BCUT2D eigenvalue weighted by molar-refractivity contribution is -0.294. The molecule has 6 aliphatic heterocycles. The topological polar surface area (TPSA) is 536 Å². The van der Waals surface area contributed by atoms with Crippen LogP contribution in [-0.4, -0.2) is 355 Å². The van der Waals surface area contributed by atoms with Gasteiger partial charge in [0.1, 0.15) is 116 Å². The molecular weight excluding hydrogens is 1060 g/mol. The Kier molecular flexibility index (Phi) is 34.7. The highest BCUT2D eigenvalue weighted by Gasteiger charge is 2.47. The molecule has 0 saturated carbocycles. The Morgan fingerprint density at radius 1 is 0.234 bits per heavy atom. The molecule has 6 fully saturated rings. The van der Waals surface area contributed by atoms with Crippen molar-refractivity contribution in [3.8, 4) is 0 Å². The van der Waals surface area contributed by atoms with Crippen molar-refractivity contribution in [1.82, 2.24) is 0 Å². The van der Waals surface area contributed by atoms with E-state index in [0.717, 1.165) is 0 Å². The van der Waals surface area contributed by atoms with Crippen molar-refractivity contribution in [2.24, 2.45) is 11.8 Å². The summed E-state index contributed by atoms with van der Waals surface area (Å²) in [5.41, 5.74) is 0. The second kappa shape index (κ2) is 36.3. The predicted octanol–water partition coefficient (Wildman–Crippen LogP) is -11.8. The maximum Gasteiger partial charge on any atom is 0.186 e. The molecular formula is C44H88O33. The number of hydrogen-bond acceptors (Lipinski definition) is 33. The van der Waals surface area contributed by atoms with E-state index in [-0.39, 0.29) is 25.0 Å². The Balaban J connectivity index is 0.000000462. The lowest BCUT2D eigenvalue weighted by Gasteiger charge is -2.40. The van der Waals surface area contributed by atoms with Gasteiger partial charge in [0.2, 0.25) is 0 Å². The van der Waals surface area contributed by atoms with Crippen LogP contribution in [0.5, 0.6) is 0 Å². The minimum atomic E-state index is -1.36. The molecule has 6 rings (SSSR count). The van der Waals surface area contributed by atoms with Crippen LogP contribution in [0.2, 0.25) is 0 Å². The Labute approximate surface area is 443 Å². The van der Waals surface area contributed by atoms with E-state index in [1.165, 1.54) is 42.7 Å². The predicted molar refractivity (Wildman–Crippen MR) is 250 cm³/mol. The first-order valence-electron chi connectivity index (χ1n) is 24.2. The number of aliphatic hydroxyl groups is 21. The smallest absolute Gasteiger partial charge is 0.186 e. The second-order valence-corrected chi connectivity index (χ2v) is 18.3. The van der Waals surface area contributed by atoms with Crippen molar-refractivity contribution in [1.29, 1.82) is 0 Å². The molecule has 6 aliphatic rings. The summed E-state index contributed by atoms with van der Waals surface area (Å²) in [4.78, 5) is 0. The third kappa shape index (κ3) is 19.9. The van der Waals surface area contributed by atoms with Gasteiger partial charge in [0.15, 0.2) is 37.7 Å². The van der Waals surface area contributed by atoms with E-state index in [0.29, 0.717) is 0 Å². The SMILES string of the molecule is CO[C@@H]1OC(C)[C@@H](O)[C@H](O)C1O.CO[C@@H]1OC(CO)[C@@H](O)[C@H](O)C1C.CO[C@@H]1OC(CO)[C@@H](O)[C@H](O)C1O.CO[C@@H]1OC(CO)[C@H](O)[C@H](O)C1C.CO[C@@H]1OC(CO)[C@H](O)[C@H](O)C1O.CO[C@H]1OC(CO)[C@@H](O)[C@H](O)C1O. The van der Waals surface area contributed by atoms with Gasteiger partial charge in [-0.3, -0.25) is 0 Å². The third-order valence-electron chi connectivity index (χ3n) is 13.1. The Hall–Kier alpha value is -1.32. The maximum absolute atomic E-state index is 9.53. The van der Waals surface area contributed by atoms with Gasteiger partial charge in [0.25, 0.3) is 0 Å². The number of methoxy groups -OCH3 is 6. The van der Waals surface area contributed by atoms with Gasteiger partial charge in [0.05, 0.1) is 51.3 Å². The molecule has 12 unspecified atom stereocenters. The van der Waals surface area contributed by atoms with Crippen LogP contribution in [0.4, 0.5) is 0 Å². The monoisotopic (exact) mass is 1140 g/mol. The van der Waals surface area contributed by atoms with Gasteiger partial charge in [-0.25, -0.2) is 0 Å². The third-order valence-corrected chi connectivity index (χ3v) is 13.1. The van der Waals surface area contributed by atoms with Gasteiger partial charge in [-0.2, -0.15) is 0 Å². The lowest BCUT2D eigenvalue weighted by Crippen LogP contribution is -2.58. The van der Waals surface area contributed by atoms with Gasteiger partial charge in [0, 0.05) is 54.5 Å². The minimum Gasteiger partial charge on any atom is -0.394 e. The van der Waals surface area contributed by atoms with Crippen LogP contribution >= 0.6 is 0 Å². The quantitative estimate of drug-likeness (QED) is 0.0913. The molecule has 30 atom stereocenters. The summed E-state index contributed by atoms with van der Waals surface area (Å²) in [7, 11) is 8.18. The molecule has 0 spiro atoms. The number of ether oxygens (including phenoxy) is 12. The first-order valence-corrected chi connectivity index (χ1v) is 24.2. The van der Waals surface area contributed by atoms with E-state index in [2.05, 4.69) is 0 Å². The molecule has 21 N–H and O–H groups in total. The largest absolute Gasteiger partial charge is 0.394 e. The molecule has 0 aliphatic carbocycles. The average molecular weight is 1150 g/mol. The van der Waals surface area contributed by atoms with Crippen LogP contribution in [0, 0.1) is 11.8 Å². The lowest BCUT2D eigenvalue weighted by atomic mass is 9.93. The summed E-state index contributed by atoms with van der Waals surface area (Å²) >= 11 is 0. The molecule has 0 radical (unpaired) electrons. The summed E-state index contributed by atoms with van der Waals surface area (Å²) in [5.74, 6) is -0.606. The standard InChI is InChI=1S/2C8H16O5.3C7H14O6.C7H14O5/c2*1-4-6(10)7(11)5(3-9)13-8(4)12-2;3*1-12-7-6(11)5(10)4(9)3(2-8)13-7;1-3-4(8)5(9)6(10)7(11-2)12-3/h2*4-11H,3H2,1-2H3;3*3-11H,2H2,1H3;3-10H,1-2H3/t4?,5?,6-,7+,8-;4?,5?,6-,7-,8-;3?,4-,5+,6?,7+;3?,4-,5+,6?,7-;3?,4-,5-,6?,7+;3?,4-,5+,6?,7-/m111101/s1. The summed E-state index contributed by atoms with van der Waals surface area (Å²) < 4.78 is 59.0. The van der Waals surface area contributed by atoms with Gasteiger partial charge < -0.3 is 164 Å². The molecule has 0 aromatic carbocycles. The molecule has 6 heterocycles. The fourth-order valence-corrected chi connectivity index (χ4v) is 7.97. The van der Waals surface area contributed by atoms with Crippen LogP contribution in [0.3, 0.4) is 0 Å². The van der Waals surface area contributed by atoms with Crippen LogP contribution in [0.25, 0.3) is 0 Å². The molecule has 77 heavy (non-hydrogen) atoms. The zero-order valence-corrected chi connectivity index (χ0v) is 44.1. The Bertz CT molecular complexity index is 1200. The summed E-state index contributed by atoms with van der Waals surface area (Å²) in [6, 6.07) is 0. The van der Waals surface area contributed by atoms with Gasteiger partial charge in [-0.15, -0.1) is 0 Å². The van der Waals surface area contributed by atoms with Crippen LogP contribution < -0.4 is 0 Å². The van der Waals surface area contributed by atoms with Crippen LogP contribution in [-0.2, 0) is 56.8 Å². The van der Waals surface area contributed by atoms with E-state index in [1.807, 2.05) is 0 Å². The van der Waals surface area contributed by atoms with Crippen molar-refractivity contribution in [2.75, 3.05) is 75.7 Å². The molecule has 0 amide bonds. The molecule has 33 nitrogen and oxygen atoms in total. The Morgan fingerprint density at radius 2 is 0.416 bits per heavy atom. The second-order valence-electron chi connectivity index (χ2n) is 18.3. The molecule has 0 aromatic heterocycles. The van der Waals surface area contributed by atoms with Gasteiger partial charge >= 0.3 is 0 Å². The normalized spacial score (nSPS) is 46.8. The van der Waals surface area contributed by atoms with Gasteiger partial charge in [-0.1, -0.05) is 13.8 Å². The zero-order chi connectivity index (χ0) is 59.3. The number of hydrogen-bond donors (Lipinski definition) is 21. The summed E-state index contributed by atoms with van der Waals surface area (Å²) in [6.07, 6.45) is -29.2. The highest BCUT2D eigenvalue weighted by atomic mass is 16.7. The number of rotatable bonds is 11. The van der Waals surface area contributed by atoms with Crippen LogP contribution in [0.1, 0.15) is 20.8 Å². The molecule has 0 aromatic rings. The molecule has 6 saturated heterocycles. The first kappa shape index (κ1) is 73.7. The van der Waals surface area contributed by atoms with E-state index in [1.54, 1.807) is 20.8 Å². The fourth-order valence-electron chi connectivity index (χ4n) is 7.97. The Morgan fingerprint density at radius 3 is 0.623 bits per heavy atom. The van der Waals surface area contributed by atoms with Crippen molar-refractivity contribution in [3.63, 3.8) is 0 Å². The average Bonchev–Trinajstić information content (AvgIpc) is 3.43. The summed E-state index contributed by atoms with van der Waals surface area (Å²) in [6.45, 7) is 3.06. The van der Waals surface area contributed by atoms with E-state index in [9.17, 15) is 81.7 Å². The van der Waals surface area contributed by atoms with Crippen LogP contribution in [0.15, 0.2) is 0 Å². The maximum atomic E-state index is 9.53.